The van der Waals surface area contributed by atoms with E-state index in [9.17, 15) is 9.59 Å². The van der Waals surface area contributed by atoms with Gasteiger partial charge in [-0.1, -0.05) is 25.5 Å². The van der Waals surface area contributed by atoms with E-state index in [4.69, 9.17) is 10.00 Å². The van der Waals surface area contributed by atoms with E-state index < -0.39 is 18.0 Å². The molecule has 1 aliphatic rings. The molecular weight excluding hydrogens is 278 g/mol. The summed E-state index contributed by atoms with van der Waals surface area (Å²) in [5.74, 6) is -1.57. The first kappa shape index (κ1) is 16.4. The van der Waals surface area contributed by atoms with Crippen molar-refractivity contribution in [2.24, 2.45) is 16.3 Å². The van der Waals surface area contributed by atoms with Crippen LogP contribution in [-0.4, -0.2) is 37.2 Å². The third-order valence-corrected chi connectivity index (χ3v) is 3.15. The minimum Gasteiger partial charge on any atom is -0.467 e. The molecule has 1 N–H and O–H groups in total. The van der Waals surface area contributed by atoms with E-state index in [1.54, 1.807) is 6.07 Å². The van der Waals surface area contributed by atoms with Gasteiger partial charge in [0.15, 0.2) is 17.4 Å². The molecule has 0 aliphatic carbocycles. The molecule has 2 atom stereocenters. The summed E-state index contributed by atoms with van der Waals surface area (Å²) in [6.07, 6.45) is 0.672. The third kappa shape index (κ3) is 3.28. The number of hydrogen-bond donors (Lipinski definition) is 1. The highest BCUT2D eigenvalue weighted by Crippen LogP contribution is 2.25. The van der Waals surface area contributed by atoms with Crippen LogP contribution in [0.1, 0.15) is 20.3 Å². The molecule has 1 heterocycles. The van der Waals surface area contributed by atoms with Gasteiger partial charge in [0.05, 0.1) is 14.2 Å². The number of nitrogens with zero attached hydrogens (tertiary/aromatic N) is 4. The van der Waals surface area contributed by atoms with Crippen molar-refractivity contribution in [3.05, 3.63) is 11.4 Å². The van der Waals surface area contributed by atoms with Crippen LogP contribution in [0.15, 0.2) is 21.7 Å². The van der Waals surface area contributed by atoms with Crippen LogP contribution >= 0.6 is 0 Å². The van der Waals surface area contributed by atoms with Crippen LogP contribution in [0, 0.1) is 17.2 Å². The number of methoxy groups -OCH3 is 2. The highest BCUT2D eigenvalue weighted by atomic mass is 16.5. The predicted molar refractivity (Wildman–Crippen MR) is 69.7 cm³/mol. The smallest absolute Gasteiger partial charge is 0.352 e. The summed E-state index contributed by atoms with van der Waals surface area (Å²) < 4.78 is 9.30. The molecule has 114 valence electrons. The van der Waals surface area contributed by atoms with Gasteiger partial charge in [0.2, 0.25) is 0 Å². The number of hydrogen-bond acceptors (Lipinski definition) is 9. The first-order valence-corrected chi connectivity index (χ1v) is 6.27. The summed E-state index contributed by atoms with van der Waals surface area (Å²) in [6, 6.07) is 0.931. The van der Waals surface area contributed by atoms with Gasteiger partial charge >= 0.3 is 11.9 Å². The average Bonchev–Trinajstić information content (AvgIpc) is 2.96. The fourth-order valence-electron chi connectivity index (χ4n) is 1.80. The Balaban J connectivity index is 3.26. The Morgan fingerprint density at radius 2 is 2.10 bits per heavy atom. The summed E-state index contributed by atoms with van der Waals surface area (Å²) in [5, 5.41) is 17.6. The van der Waals surface area contributed by atoms with Gasteiger partial charge in [-0.3, -0.25) is 0 Å². The van der Waals surface area contributed by atoms with E-state index in [1.165, 1.54) is 12.1 Å². The summed E-state index contributed by atoms with van der Waals surface area (Å²) in [7, 11) is 2.41. The topological polar surface area (TPSA) is 116 Å². The maximum atomic E-state index is 12.0. The Kier molecular flexibility index (Phi) is 5.66. The number of nitrogens with one attached hydrogen (secondary N) is 1. The molecule has 1 aliphatic heterocycles. The lowest BCUT2D eigenvalue weighted by Crippen LogP contribution is -2.48. The average molecular weight is 295 g/mol. The summed E-state index contributed by atoms with van der Waals surface area (Å²) in [5.41, 5.74) is 2.16. The molecule has 9 nitrogen and oxygen atoms in total. The van der Waals surface area contributed by atoms with Crippen molar-refractivity contribution >= 4 is 11.9 Å². The van der Waals surface area contributed by atoms with E-state index in [0.717, 1.165) is 7.11 Å². The van der Waals surface area contributed by atoms with Crippen molar-refractivity contribution in [1.29, 1.82) is 5.26 Å². The van der Waals surface area contributed by atoms with Gasteiger partial charge in [-0.2, -0.15) is 10.8 Å². The van der Waals surface area contributed by atoms with Crippen LogP contribution < -0.4 is 5.53 Å². The predicted octanol–water partition coefficient (Wildman–Crippen LogP) is 0.670. The zero-order valence-corrected chi connectivity index (χ0v) is 12.3. The lowest BCUT2D eigenvalue weighted by atomic mass is 9.98. The highest BCUT2D eigenvalue weighted by molar-refractivity contribution is 5.93. The Labute approximate surface area is 122 Å². The molecule has 0 saturated heterocycles. The van der Waals surface area contributed by atoms with Crippen molar-refractivity contribution < 1.29 is 19.1 Å². The summed E-state index contributed by atoms with van der Waals surface area (Å²) >= 11 is 0. The Hall–Kier alpha value is -2.63. The maximum absolute atomic E-state index is 12.0. The van der Waals surface area contributed by atoms with Crippen LogP contribution in [0.2, 0.25) is 0 Å². The molecule has 0 radical (unpaired) electrons. The van der Waals surface area contributed by atoms with Crippen molar-refractivity contribution in [3.63, 3.8) is 0 Å². The molecule has 2 unspecified atom stereocenters. The molecule has 0 bridgehead atoms. The minimum absolute atomic E-state index is 0.0694. The standard InChI is InChI=1S/C12H17N5O4/c1-5-7(2)9(12(19)21-4)17-10(14-15-16-17)8(6-13)11(18)20-3/h7,9H,5H2,1-4H3,(H,14,16)/b10-8+. The molecule has 0 spiro atoms. The molecule has 1 rings (SSSR count). The minimum atomic E-state index is -0.854. The molecule has 0 aromatic heterocycles. The van der Waals surface area contributed by atoms with Crippen molar-refractivity contribution in [2.75, 3.05) is 14.2 Å². The lowest BCUT2D eigenvalue weighted by molar-refractivity contribution is -0.149. The molecule has 0 amide bonds. The van der Waals surface area contributed by atoms with E-state index in [2.05, 4.69) is 20.6 Å². The van der Waals surface area contributed by atoms with Crippen LogP contribution in [0.4, 0.5) is 0 Å². The van der Waals surface area contributed by atoms with E-state index in [-0.39, 0.29) is 17.3 Å². The van der Waals surface area contributed by atoms with Crippen LogP contribution in [0.5, 0.6) is 0 Å². The number of carbonyl (C=O) groups excluding carboxylic acids is 2. The normalized spacial score (nSPS) is 18.3. The van der Waals surface area contributed by atoms with E-state index in [1.807, 2.05) is 13.8 Å². The van der Waals surface area contributed by atoms with Gasteiger partial charge in [0.1, 0.15) is 6.07 Å². The maximum Gasteiger partial charge on any atom is 0.352 e. The number of nitriles is 1. The SMILES string of the molecule is CCC(C)C(C(=O)OC)N1NN=N/C1=C(/C#N)C(=O)OC. The molecule has 0 aromatic rings. The molecule has 9 heteroatoms. The third-order valence-electron chi connectivity index (χ3n) is 3.15. The quantitative estimate of drug-likeness (QED) is 0.450. The molecule has 0 fully saturated rings. The van der Waals surface area contributed by atoms with Crippen molar-refractivity contribution in [2.45, 2.75) is 26.3 Å². The molecular formula is C12H17N5O4. The summed E-state index contributed by atoms with van der Waals surface area (Å²) in [4.78, 5) is 23.6. The van der Waals surface area contributed by atoms with Gasteiger partial charge in [-0.25, -0.2) is 14.6 Å². The van der Waals surface area contributed by atoms with Crippen molar-refractivity contribution in [1.82, 2.24) is 10.5 Å². The van der Waals surface area contributed by atoms with Crippen molar-refractivity contribution in [3.8, 4) is 6.07 Å². The summed E-state index contributed by atoms with van der Waals surface area (Å²) in [6.45, 7) is 3.74. The highest BCUT2D eigenvalue weighted by Gasteiger charge is 2.38. The zero-order valence-electron chi connectivity index (χ0n) is 12.3. The fraction of sp³-hybridized carbons (Fsp3) is 0.583. The number of carbonyl (C=O) groups is 2. The fourth-order valence-corrected chi connectivity index (χ4v) is 1.80. The molecule has 0 aromatic carbocycles. The second-order valence-corrected chi connectivity index (χ2v) is 4.33. The van der Waals surface area contributed by atoms with Gasteiger partial charge in [0.25, 0.3) is 0 Å². The van der Waals surface area contributed by atoms with Crippen LogP contribution in [0.25, 0.3) is 0 Å². The van der Waals surface area contributed by atoms with Gasteiger partial charge in [-0.15, -0.1) is 5.11 Å². The first-order chi connectivity index (χ1) is 10.0. The molecule has 0 saturated carbocycles. The van der Waals surface area contributed by atoms with Crippen LogP contribution in [-0.2, 0) is 19.1 Å². The van der Waals surface area contributed by atoms with Crippen LogP contribution in [0.3, 0.4) is 0 Å². The van der Waals surface area contributed by atoms with Gasteiger partial charge < -0.3 is 9.47 Å². The molecule has 21 heavy (non-hydrogen) atoms. The zero-order chi connectivity index (χ0) is 16.0. The lowest BCUT2D eigenvalue weighted by Gasteiger charge is -2.29. The van der Waals surface area contributed by atoms with Gasteiger partial charge in [-0.05, 0) is 5.92 Å². The number of ether oxygens (including phenoxy) is 2. The Bertz CT molecular complexity index is 522. The second-order valence-electron chi connectivity index (χ2n) is 4.33. The number of hydrazine groups is 1. The van der Waals surface area contributed by atoms with E-state index >= 15 is 0 Å². The monoisotopic (exact) mass is 295 g/mol. The number of rotatable bonds is 5. The number of esters is 2. The largest absolute Gasteiger partial charge is 0.467 e. The van der Waals surface area contributed by atoms with E-state index in [0.29, 0.717) is 6.42 Å². The van der Waals surface area contributed by atoms with Gasteiger partial charge in [0, 0.05) is 0 Å². The second kappa shape index (κ2) is 7.23. The Morgan fingerprint density at radius 1 is 1.43 bits per heavy atom. The Morgan fingerprint density at radius 3 is 2.57 bits per heavy atom. The first-order valence-electron chi connectivity index (χ1n) is 6.27.